The summed E-state index contributed by atoms with van der Waals surface area (Å²) in [4.78, 5) is 27.7. The van der Waals surface area contributed by atoms with Crippen LogP contribution >= 0.6 is 0 Å². The zero-order valence-electron chi connectivity index (χ0n) is 13.5. The number of nitrogens with zero attached hydrogens (tertiary/aromatic N) is 1. The van der Waals surface area contributed by atoms with Gasteiger partial charge in [-0.2, -0.15) is 0 Å². The molecule has 1 aromatic carbocycles. The van der Waals surface area contributed by atoms with E-state index in [0.717, 1.165) is 18.8 Å². The summed E-state index contributed by atoms with van der Waals surface area (Å²) < 4.78 is 39.7. The van der Waals surface area contributed by atoms with Crippen LogP contribution in [0.2, 0.25) is 0 Å². The van der Waals surface area contributed by atoms with Crippen LogP contribution in [0, 0.1) is 10.8 Å². The molecule has 0 fully saturated rings. The third-order valence-corrected chi connectivity index (χ3v) is 4.86. The Bertz CT molecular complexity index is 1240. The minimum Gasteiger partial charge on any atom is -0.744 e. The molecule has 2 aliphatic rings. The van der Waals surface area contributed by atoms with E-state index >= 15 is 0 Å². The van der Waals surface area contributed by atoms with Gasteiger partial charge in [0.2, 0.25) is 10.8 Å². The summed E-state index contributed by atoms with van der Waals surface area (Å²) in [5.74, 6) is 0. The van der Waals surface area contributed by atoms with E-state index in [1.165, 1.54) is 0 Å². The van der Waals surface area contributed by atoms with Crippen LogP contribution in [-0.2, 0) is 10.1 Å². The first-order valence-corrected chi connectivity index (χ1v) is 9.01. The Morgan fingerprint density at radius 2 is 1.84 bits per heavy atom. The zero-order chi connectivity index (χ0) is 18.4. The van der Waals surface area contributed by atoms with Crippen molar-refractivity contribution in [2.75, 3.05) is 18.0 Å². The van der Waals surface area contributed by atoms with Crippen LogP contribution in [-0.4, -0.2) is 31.0 Å². The van der Waals surface area contributed by atoms with Crippen molar-refractivity contribution in [1.29, 1.82) is 0 Å². The van der Waals surface area contributed by atoms with Crippen molar-refractivity contribution in [3.05, 3.63) is 55.5 Å². The minimum absolute atomic E-state index is 0.272. The number of H-pyrrole nitrogens is 1. The Kier molecular flexibility index (Phi) is 4.13. The molecule has 0 amide bonds. The van der Waals surface area contributed by atoms with Crippen molar-refractivity contribution in [2.45, 2.75) is 18.7 Å². The molecule has 25 heavy (non-hydrogen) atoms. The molecular formula is C16H15N2O6S-. The first-order valence-electron chi connectivity index (χ1n) is 7.61. The van der Waals surface area contributed by atoms with E-state index in [-0.39, 0.29) is 10.9 Å². The summed E-state index contributed by atoms with van der Waals surface area (Å²) in [6, 6.07) is 5.66. The van der Waals surface area contributed by atoms with Gasteiger partial charge in [-0.1, -0.05) is 0 Å². The molecule has 0 unspecified atom stereocenters. The van der Waals surface area contributed by atoms with E-state index in [1.807, 2.05) is 13.8 Å². The lowest BCUT2D eigenvalue weighted by molar-refractivity contribution is 0.460. The second-order valence-corrected chi connectivity index (χ2v) is 6.79. The Morgan fingerprint density at radius 3 is 2.44 bits per heavy atom. The van der Waals surface area contributed by atoms with Crippen molar-refractivity contribution in [3.8, 4) is 0 Å². The second-order valence-electron chi connectivity index (χ2n) is 5.44. The SMILES string of the molecule is CCN(CC)c1ccc2[nH]c3c(S(=O)(=O)[O-])cc(=O)c(=O)c=3oc2c1. The van der Waals surface area contributed by atoms with Gasteiger partial charge in [-0.25, -0.2) is 8.42 Å². The molecule has 1 N–H and O–H groups in total. The highest BCUT2D eigenvalue weighted by molar-refractivity contribution is 7.85. The van der Waals surface area contributed by atoms with Crippen molar-refractivity contribution in [1.82, 2.24) is 4.98 Å². The van der Waals surface area contributed by atoms with E-state index in [9.17, 15) is 22.6 Å². The Labute approximate surface area is 142 Å². The fourth-order valence-corrected chi connectivity index (χ4v) is 3.38. The van der Waals surface area contributed by atoms with E-state index < -0.39 is 31.3 Å². The maximum absolute atomic E-state index is 12.0. The number of nitrogens with one attached hydrogen (secondary N) is 1. The minimum atomic E-state index is -4.96. The average Bonchev–Trinajstić information content (AvgIpc) is 2.57. The Balaban J connectivity index is 2.46. The zero-order valence-corrected chi connectivity index (χ0v) is 14.3. The van der Waals surface area contributed by atoms with Crippen LogP contribution in [0.5, 0.6) is 0 Å². The van der Waals surface area contributed by atoms with Crippen molar-refractivity contribution >= 4 is 26.9 Å². The van der Waals surface area contributed by atoms with Gasteiger partial charge >= 0.3 is 0 Å². The Hall–Kier alpha value is -2.65. The molecule has 1 aromatic rings. The predicted molar refractivity (Wildman–Crippen MR) is 89.9 cm³/mol. The summed E-state index contributed by atoms with van der Waals surface area (Å²) in [7, 11) is -4.96. The quantitative estimate of drug-likeness (QED) is 0.541. The van der Waals surface area contributed by atoms with Crippen molar-refractivity contribution in [3.63, 3.8) is 0 Å². The molecule has 1 heterocycles. The maximum Gasteiger partial charge on any atom is 0.270 e. The molecule has 0 spiro atoms. The molecule has 8 nitrogen and oxygen atoms in total. The highest BCUT2D eigenvalue weighted by Crippen LogP contribution is 2.22. The number of fused-ring (bicyclic) bond motifs is 1. The van der Waals surface area contributed by atoms with Gasteiger partial charge in [0.25, 0.3) is 5.43 Å². The van der Waals surface area contributed by atoms with Gasteiger partial charge in [0, 0.05) is 30.9 Å². The molecule has 132 valence electrons. The predicted octanol–water partition coefficient (Wildman–Crippen LogP) is 0.956. The normalized spacial score (nSPS) is 12.0. The summed E-state index contributed by atoms with van der Waals surface area (Å²) in [6.45, 7) is 5.50. The molecule has 1 aliphatic heterocycles. The molecule has 1 aliphatic carbocycles. The summed E-state index contributed by atoms with van der Waals surface area (Å²) in [5.41, 5.74) is -1.09. The monoisotopic (exact) mass is 363 g/mol. The lowest BCUT2D eigenvalue weighted by Crippen LogP contribution is -2.26. The van der Waals surface area contributed by atoms with Gasteiger partial charge in [-0.15, -0.1) is 0 Å². The lowest BCUT2D eigenvalue weighted by atomic mass is 10.2. The number of hydrogen-bond donors (Lipinski definition) is 1. The molecule has 0 radical (unpaired) electrons. The van der Waals surface area contributed by atoms with Crippen LogP contribution in [0.3, 0.4) is 0 Å². The van der Waals surface area contributed by atoms with E-state index in [0.29, 0.717) is 11.6 Å². The largest absolute Gasteiger partial charge is 0.744 e. The number of aromatic amines is 1. The molecule has 0 bridgehead atoms. The van der Waals surface area contributed by atoms with Crippen LogP contribution in [0.15, 0.2) is 43.2 Å². The highest BCUT2D eigenvalue weighted by atomic mass is 32.2. The number of anilines is 1. The molecular weight excluding hydrogens is 348 g/mol. The van der Waals surface area contributed by atoms with E-state index in [1.54, 1.807) is 18.2 Å². The fourth-order valence-electron chi connectivity index (χ4n) is 2.74. The lowest BCUT2D eigenvalue weighted by Gasteiger charge is -2.21. The topological polar surface area (TPSA) is 124 Å². The fraction of sp³-hybridized carbons (Fsp3) is 0.250. The smallest absolute Gasteiger partial charge is 0.270 e. The number of aromatic nitrogens is 1. The first-order chi connectivity index (χ1) is 11.8. The van der Waals surface area contributed by atoms with Crippen LogP contribution < -0.4 is 15.8 Å². The maximum atomic E-state index is 12.0. The summed E-state index contributed by atoms with van der Waals surface area (Å²) in [5, 5.41) is -0.303. The molecule has 9 heteroatoms. The third kappa shape index (κ3) is 2.92. The van der Waals surface area contributed by atoms with Crippen molar-refractivity contribution in [2.24, 2.45) is 0 Å². The van der Waals surface area contributed by atoms with Gasteiger partial charge in [0.05, 0.1) is 10.4 Å². The number of rotatable bonds is 4. The third-order valence-electron chi connectivity index (χ3n) is 4.00. The summed E-state index contributed by atoms with van der Waals surface area (Å²) >= 11 is 0. The van der Waals surface area contributed by atoms with Crippen molar-refractivity contribution < 1.29 is 17.4 Å². The number of hydrogen-bond acceptors (Lipinski definition) is 7. The van der Waals surface area contributed by atoms with Gasteiger partial charge in [0.15, 0.2) is 5.58 Å². The van der Waals surface area contributed by atoms with Gasteiger partial charge < -0.3 is 18.9 Å². The van der Waals surface area contributed by atoms with Crippen LogP contribution in [0.4, 0.5) is 5.69 Å². The van der Waals surface area contributed by atoms with Gasteiger partial charge in [0.1, 0.15) is 15.5 Å². The van der Waals surface area contributed by atoms with Crippen LogP contribution in [0.1, 0.15) is 13.8 Å². The second kappa shape index (κ2) is 6.01. The number of benzene rings is 1. The van der Waals surface area contributed by atoms with E-state index in [4.69, 9.17) is 4.42 Å². The molecule has 0 saturated carbocycles. The van der Waals surface area contributed by atoms with Gasteiger partial charge in [-0.05, 0) is 26.0 Å². The van der Waals surface area contributed by atoms with Gasteiger partial charge in [-0.3, -0.25) is 9.59 Å². The van der Waals surface area contributed by atoms with E-state index in [2.05, 4.69) is 9.88 Å². The first kappa shape index (κ1) is 17.2. The molecule has 0 atom stereocenters. The van der Waals surface area contributed by atoms with Crippen LogP contribution in [0.25, 0.3) is 11.1 Å². The molecule has 3 rings (SSSR count). The molecule has 0 saturated heterocycles. The Morgan fingerprint density at radius 1 is 1.16 bits per heavy atom. The molecule has 0 aromatic heterocycles. The average molecular weight is 363 g/mol. The summed E-state index contributed by atoms with van der Waals surface area (Å²) in [6.07, 6.45) is 0. The highest BCUT2D eigenvalue weighted by Gasteiger charge is 2.14. The standard InChI is InChI=1S/C16H16N2O6S/c1-3-18(4-2)9-5-6-10-12(7-9)24-16-14(17-10)13(25(21,22)23)8-11(19)15(16)20/h5-8,17H,3-4H2,1-2H3,(H,21,22,23)/p-1.